The van der Waals surface area contributed by atoms with Crippen molar-refractivity contribution in [2.75, 3.05) is 32.1 Å². The van der Waals surface area contributed by atoms with Crippen molar-refractivity contribution >= 4 is 17.5 Å². The second-order valence-electron chi connectivity index (χ2n) is 6.67. The first kappa shape index (κ1) is 17.5. The Morgan fingerprint density at radius 3 is 2.52 bits per heavy atom. The molecule has 0 saturated carbocycles. The number of ether oxygens (including phenoxy) is 1. The van der Waals surface area contributed by atoms with Gasteiger partial charge in [-0.25, -0.2) is 0 Å². The van der Waals surface area contributed by atoms with Crippen LogP contribution in [0.5, 0.6) is 0 Å². The van der Waals surface area contributed by atoms with Crippen molar-refractivity contribution in [2.24, 2.45) is 11.8 Å². The molecule has 0 aromatic heterocycles. The van der Waals surface area contributed by atoms with Crippen molar-refractivity contribution in [1.82, 2.24) is 4.90 Å². The van der Waals surface area contributed by atoms with E-state index >= 15 is 0 Å². The first-order valence-electron chi connectivity index (χ1n) is 8.09. The zero-order valence-electron chi connectivity index (χ0n) is 14.4. The van der Waals surface area contributed by atoms with Gasteiger partial charge in [-0.15, -0.1) is 0 Å². The van der Waals surface area contributed by atoms with Gasteiger partial charge in [-0.05, 0) is 42.9 Å². The first-order chi connectivity index (χ1) is 10.9. The molecule has 5 nitrogen and oxygen atoms in total. The summed E-state index contributed by atoms with van der Waals surface area (Å²) in [7, 11) is 1.48. The number of hydrogen-bond acceptors (Lipinski definition) is 3. The lowest BCUT2D eigenvalue weighted by molar-refractivity contribution is -0.119. The lowest BCUT2D eigenvalue weighted by Gasteiger charge is -2.35. The standard InChI is InChI=1S/C18H26N2O3/c1-12-7-13(2)10-20(9-12)18(22)15-6-5-14(3)16(8-15)19-17(21)11-23-4/h5-6,8,12-13H,7,9-11H2,1-4H3,(H,19,21)/t12-,13-/m0/s1. The summed E-state index contributed by atoms with van der Waals surface area (Å²) in [6, 6.07) is 5.45. The second-order valence-corrected chi connectivity index (χ2v) is 6.67. The van der Waals surface area contributed by atoms with E-state index in [1.807, 2.05) is 24.0 Å². The van der Waals surface area contributed by atoms with Gasteiger partial charge in [0.1, 0.15) is 6.61 Å². The van der Waals surface area contributed by atoms with Gasteiger partial charge in [0.15, 0.2) is 0 Å². The van der Waals surface area contributed by atoms with Crippen LogP contribution in [0, 0.1) is 18.8 Å². The summed E-state index contributed by atoms with van der Waals surface area (Å²) in [5, 5.41) is 2.79. The monoisotopic (exact) mass is 318 g/mol. The van der Waals surface area contributed by atoms with Gasteiger partial charge < -0.3 is 15.0 Å². The second kappa shape index (κ2) is 7.59. The molecule has 0 spiro atoms. The lowest BCUT2D eigenvalue weighted by atomic mass is 9.91. The number of carbonyl (C=O) groups is 2. The Labute approximate surface area is 138 Å². The first-order valence-corrected chi connectivity index (χ1v) is 8.09. The molecule has 126 valence electrons. The highest BCUT2D eigenvalue weighted by atomic mass is 16.5. The Morgan fingerprint density at radius 1 is 1.26 bits per heavy atom. The molecule has 1 heterocycles. The Morgan fingerprint density at radius 2 is 1.91 bits per heavy atom. The zero-order valence-corrected chi connectivity index (χ0v) is 14.4. The van der Waals surface area contributed by atoms with E-state index in [9.17, 15) is 9.59 Å². The molecule has 1 aromatic carbocycles. The topological polar surface area (TPSA) is 58.6 Å². The number of benzene rings is 1. The number of nitrogens with one attached hydrogen (secondary N) is 1. The summed E-state index contributed by atoms with van der Waals surface area (Å²) in [5.41, 5.74) is 2.20. The Balaban J connectivity index is 2.16. The van der Waals surface area contributed by atoms with Crippen LogP contribution >= 0.6 is 0 Å². The van der Waals surface area contributed by atoms with E-state index < -0.39 is 0 Å². The van der Waals surface area contributed by atoms with Crippen LogP contribution in [-0.4, -0.2) is 43.5 Å². The van der Waals surface area contributed by atoms with E-state index in [0.29, 0.717) is 23.1 Å². The van der Waals surface area contributed by atoms with E-state index in [-0.39, 0.29) is 18.4 Å². The number of amides is 2. The normalized spacial score (nSPS) is 21.1. The fourth-order valence-corrected chi connectivity index (χ4v) is 3.22. The van der Waals surface area contributed by atoms with E-state index in [0.717, 1.165) is 25.1 Å². The number of likely N-dealkylation sites (tertiary alicyclic amines) is 1. The maximum Gasteiger partial charge on any atom is 0.253 e. The molecule has 2 atom stereocenters. The Kier molecular flexibility index (Phi) is 5.77. The van der Waals surface area contributed by atoms with Crippen molar-refractivity contribution in [3.05, 3.63) is 29.3 Å². The smallest absolute Gasteiger partial charge is 0.253 e. The maximum absolute atomic E-state index is 12.8. The molecule has 1 aliphatic rings. The van der Waals surface area contributed by atoms with Crippen molar-refractivity contribution in [2.45, 2.75) is 27.2 Å². The number of piperidine rings is 1. The van der Waals surface area contributed by atoms with Crippen molar-refractivity contribution in [3.63, 3.8) is 0 Å². The van der Waals surface area contributed by atoms with E-state index in [4.69, 9.17) is 4.74 Å². The van der Waals surface area contributed by atoms with Crippen LogP contribution in [0.1, 0.15) is 36.2 Å². The minimum absolute atomic E-state index is 0.00122. The number of anilines is 1. The molecule has 23 heavy (non-hydrogen) atoms. The molecular formula is C18H26N2O3. The number of methoxy groups -OCH3 is 1. The summed E-state index contributed by atoms with van der Waals surface area (Å²) in [6.07, 6.45) is 1.16. The molecule has 1 N–H and O–H groups in total. The van der Waals surface area contributed by atoms with Crippen LogP contribution in [-0.2, 0) is 9.53 Å². The average Bonchev–Trinajstić information content (AvgIpc) is 2.48. The molecule has 1 saturated heterocycles. The van der Waals surface area contributed by atoms with Crippen molar-refractivity contribution in [1.29, 1.82) is 0 Å². The summed E-state index contributed by atoms with van der Waals surface area (Å²) in [5.74, 6) is 0.856. The number of carbonyl (C=O) groups excluding carboxylic acids is 2. The predicted octanol–water partition coefficient (Wildman–Crippen LogP) is 2.70. The van der Waals surface area contributed by atoms with E-state index in [2.05, 4.69) is 19.2 Å². The molecule has 0 aliphatic carbocycles. The third kappa shape index (κ3) is 4.55. The third-order valence-corrected chi connectivity index (χ3v) is 4.19. The van der Waals surface area contributed by atoms with Crippen molar-refractivity contribution < 1.29 is 14.3 Å². The highest BCUT2D eigenvalue weighted by Crippen LogP contribution is 2.24. The fraction of sp³-hybridized carbons (Fsp3) is 0.556. The Bertz CT molecular complexity index is 576. The van der Waals surface area contributed by atoms with Crippen LogP contribution in [0.4, 0.5) is 5.69 Å². The molecule has 2 amide bonds. The van der Waals surface area contributed by atoms with Gasteiger partial charge in [-0.2, -0.15) is 0 Å². The van der Waals surface area contributed by atoms with Gasteiger partial charge in [0.2, 0.25) is 5.91 Å². The van der Waals surface area contributed by atoms with Crippen LogP contribution in [0.2, 0.25) is 0 Å². The molecular weight excluding hydrogens is 292 g/mol. The van der Waals surface area contributed by atoms with Gasteiger partial charge in [0.25, 0.3) is 5.91 Å². The molecule has 0 unspecified atom stereocenters. The number of hydrogen-bond donors (Lipinski definition) is 1. The predicted molar refractivity (Wildman–Crippen MR) is 90.5 cm³/mol. The van der Waals surface area contributed by atoms with Crippen molar-refractivity contribution in [3.8, 4) is 0 Å². The molecule has 0 bridgehead atoms. The van der Waals surface area contributed by atoms with Gasteiger partial charge in [0, 0.05) is 31.5 Å². The molecule has 5 heteroatoms. The molecule has 2 rings (SSSR count). The van der Waals surface area contributed by atoms with Gasteiger partial charge in [-0.3, -0.25) is 9.59 Å². The fourth-order valence-electron chi connectivity index (χ4n) is 3.22. The number of rotatable bonds is 4. The zero-order chi connectivity index (χ0) is 17.0. The van der Waals surface area contributed by atoms with E-state index in [1.54, 1.807) is 6.07 Å². The quantitative estimate of drug-likeness (QED) is 0.928. The molecule has 1 aromatic rings. The highest BCUT2D eigenvalue weighted by molar-refractivity contribution is 5.98. The lowest BCUT2D eigenvalue weighted by Crippen LogP contribution is -2.42. The van der Waals surface area contributed by atoms with Crippen LogP contribution in [0.3, 0.4) is 0 Å². The molecule has 1 aliphatic heterocycles. The number of nitrogens with zero attached hydrogens (tertiary/aromatic N) is 1. The third-order valence-electron chi connectivity index (χ3n) is 4.19. The van der Waals surface area contributed by atoms with Gasteiger partial charge >= 0.3 is 0 Å². The summed E-state index contributed by atoms with van der Waals surface area (Å²) in [6.45, 7) is 7.86. The van der Waals surface area contributed by atoms with Gasteiger partial charge in [0.05, 0.1) is 0 Å². The summed E-state index contributed by atoms with van der Waals surface area (Å²) >= 11 is 0. The van der Waals surface area contributed by atoms with Crippen LogP contribution in [0.25, 0.3) is 0 Å². The minimum Gasteiger partial charge on any atom is -0.375 e. The molecule has 0 radical (unpaired) electrons. The Hall–Kier alpha value is -1.88. The maximum atomic E-state index is 12.8. The van der Waals surface area contributed by atoms with E-state index in [1.165, 1.54) is 7.11 Å². The highest BCUT2D eigenvalue weighted by Gasteiger charge is 2.26. The summed E-state index contributed by atoms with van der Waals surface area (Å²) < 4.78 is 4.82. The van der Waals surface area contributed by atoms with Crippen LogP contribution < -0.4 is 5.32 Å². The summed E-state index contributed by atoms with van der Waals surface area (Å²) in [4.78, 5) is 26.4. The SMILES string of the molecule is COCC(=O)Nc1cc(C(=O)N2C[C@@H](C)C[C@H](C)C2)ccc1C. The van der Waals surface area contributed by atoms with Crippen LogP contribution in [0.15, 0.2) is 18.2 Å². The molecule has 1 fully saturated rings. The van der Waals surface area contributed by atoms with Gasteiger partial charge in [-0.1, -0.05) is 19.9 Å². The largest absolute Gasteiger partial charge is 0.375 e. The minimum atomic E-state index is -0.222. The average molecular weight is 318 g/mol. The number of aryl methyl sites for hydroxylation is 1.